The molecule has 0 radical (unpaired) electrons. The fourth-order valence-corrected chi connectivity index (χ4v) is 3.68. The lowest BCUT2D eigenvalue weighted by atomic mass is 9.78. The minimum Gasteiger partial charge on any atom is -0.392 e. The van der Waals surface area contributed by atoms with E-state index in [1.54, 1.807) is 0 Å². The molecule has 2 heteroatoms. The molecule has 2 nitrogen and oxygen atoms in total. The van der Waals surface area contributed by atoms with Crippen LogP contribution in [-0.4, -0.2) is 11.7 Å². The zero-order valence-corrected chi connectivity index (χ0v) is 13.0. The first-order valence-corrected chi connectivity index (χ1v) is 8.03. The third kappa shape index (κ3) is 4.32. The Morgan fingerprint density at radius 3 is 2.25 bits per heavy atom. The number of hydrogen-bond donors (Lipinski definition) is 2. The molecule has 0 spiro atoms. The van der Waals surface area contributed by atoms with Crippen LogP contribution in [0.5, 0.6) is 0 Å². The fraction of sp³-hybridized carbons (Fsp3) is 0.667. The van der Waals surface area contributed by atoms with Crippen LogP contribution < -0.4 is 5.32 Å². The molecule has 1 aromatic rings. The molecule has 0 amide bonds. The van der Waals surface area contributed by atoms with Crippen molar-refractivity contribution in [3.63, 3.8) is 0 Å². The van der Waals surface area contributed by atoms with Crippen molar-refractivity contribution in [1.29, 1.82) is 0 Å². The van der Waals surface area contributed by atoms with Crippen molar-refractivity contribution < 1.29 is 5.11 Å². The molecular weight excluding hydrogens is 246 g/mol. The molecule has 2 N–H and O–H groups in total. The molecule has 0 unspecified atom stereocenters. The molecule has 1 fully saturated rings. The average Bonchev–Trinajstić information content (AvgIpc) is 2.87. The molecule has 112 valence electrons. The van der Waals surface area contributed by atoms with Gasteiger partial charge in [0.15, 0.2) is 0 Å². The van der Waals surface area contributed by atoms with Crippen molar-refractivity contribution >= 4 is 0 Å². The lowest BCUT2D eigenvalue weighted by molar-refractivity contribution is 0.223. The summed E-state index contributed by atoms with van der Waals surface area (Å²) >= 11 is 0. The van der Waals surface area contributed by atoms with Crippen LogP contribution in [0.1, 0.15) is 57.1 Å². The first-order valence-electron chi connectivity index (χ1n) is 8.03. The van der Waals surface area contributed by atoms with Crippen LogP contribution >= 0.6 is 0 Å². The molecule has 2 rings (SSSR count). The van der Waals surface area contributed by atoms with E-state index >= 15 is 0 Å². The molecule has 20 heavy (non-hydrogen) atoms. The molecular formula is C18H29NO. The van der Waals surface area contributed by atoms with Crippen LogP contribution in [0, 0.1) is 11.3 Å². The van der Waals surface area contributed by atoms with Gasteiger partial charge >= 0.3 is 0 Å². The molecule has 1 aliphatic rings. The third-order valence-corrected chi connectivity index (χ3v) is 4.54. The Kier molecular flexibility index (Phi) is 5.62. The van der Waals surface area contributed by atoms with Crippen LogP contribution in [0.2, 0.25) is 0 Å². The molecule has 0 aromatic heterocycles. The van der Waals surface area contributed by atoms with Crippen LogP contribution in [0.25, 0.3) is 0 Å². The largest absolute Gasteiger partial charge is 0.392 e. The van der Waals surface area contributed by atoms with Crippen LogP contribution in [0.4, 0.5) is 0 Å². The fourth-order valence-electron chi connectivity index (χ4n) is 3.68. The van der Waals surface area contributed by atoms with E-state index in [0.29, 0.717) is 5.41 Å². The van der Waals surface area contributed by atoms with E-state index in [0.717, 1.165) is 24.6 Å². The van der Waals surface area contributed by atoms with Gasteiger partial charge in [0.25, 0.3) is 0 Å². The second-order valence-corrected chi connectivity index (χ2v) is 6.88. The van der Waals surface area contributed by atoms with Gasteiger partial charge < -0.3 is 10.4 Å². The molecule has 1 aromatic carbocycles. The van der Waals surface area contributed by atoms with E-state index in [2.05, 4.69) is 31.3 Å². The van der Waals surface area contributed by atoms with Gasteiger partial charge in [0, 0.05) is 13.1 Å². The quantitative estimate of drug-likeness (QED) is 0.791. The Bertz CT molecular complexity index is 390. The van der Waals surface area contributed by atoms with E-state index in [1.807, 2.05) is 12.1 Å². The van der Waals surface area contributed by atoms with Gasteiger partial charge in [0.1, 0.15) is 0 Å². The van der Waals surface area contributed by atoms with E-state index in [9.17, 15) is 0 Å². The van der Waals surface area contributed by atoms with Gasteiger partial charge in [0.05, 0.1) is 6.61 Å². The summed E-state index contributed by atoms with van der Waals surface area (Å²) in [6, 6.07) is 8.25. The van der Waals surface area contributed by atoms with E-state index in [1.165, 1.54) is 37.7 Å². The molecule has 0 bridgehead atoms. The maximum Gasteiger partial charge on any atom is 0.0681 e. The summed E-state index contributed by atoms with van der Waals surface area (Å²) in [6.07, 6.45) is 6.94. The van der Waals surface area contributed by atoms with Gasteiger partial charge in [-0.1, -0.05) is 51.0 Å². The highest BCUT2D eigenvalue weighted by atomic mass is 16.3. The predicted octanol–water partition coefficient (Wildman–Crippen LogP) is 3.88. The summed E-state index contributed by atoms with van der Waals surface area (Å²) in [4.78, 5) is 0. The Balaban J connectivity index is 1.83. The molecule has 0 heterocycles. The number of hydrogen-bond acceptors (Lipinski definition) is 2. The van der Waals surface area contributed by atoms with Crippen molar-refractivity contribution in [2.24, 2.45) is 11.3 Å². The van der Waals surface area contributed by atoms with Crippen molar-refractivity contribution in [3.05, 3.63) is 35.4 Å². The minimum atomic E-state index is 0.130. The van der Waals surface area contributed by atoms with Gasteiger partial charge in [-0.15, -0.1) is 0 Å². The topological polar surface area (TPSA) is 32.3 Å². The maximum absolute atomic E-state index is 9.05. The summed E-state index contributed by atoms with van der Waals surface area (Å²) in [5.41, 5.74) is 2.83. The Hall–Kier alpha value is -0.860. The zero-order valence-electron chi connectivity index (χ0n) is 13.0. The van der Waals surface area contributed by atoms with Crippen LogP contribution in [-0.2, 0) is 13.2 Å². The maximum atomic E-state index is 9.05. The first-order chi connectivity index (χ1) is 9.63. The van der Waals surface area contributed by atoms with Gasteiger partial charge in [-0.2, -0.15) is 0 Å². The standard InChI is InChI=1S/C18H29NO/c1-15(2)11-18(9-3-4-10-18)14-19-12-16-5-7-17(13-20)8-6-16/h5-8,15,19-20H,3-4,9-14H2,1-2H3. The Morgan fingerprint density at radius 1 is 1.10 bits per heavy atom. The highest BCUT2D eigenvalue weighted by Crippen LogP contribution is 2.42. The summed E-state index contributed by atoms with van der Waals surface area (Å²) in [7, 11) is 0. The van der Waals surface area contributed by atoms with Gasteiger partial charge in [-0.25, -0.2) is 0 Å². The number of rotatable bonds is 7. The Labute approximate surface area is 123 Å². The van der Waals surface area contributed by atoms with Gasteiger partial charge in [0.2, 0.25) is 0 Å². The molecule has 0 aliphatic heterocycles. The normalized spacial score (nSPS) is 17.8. The summed E-state index contributed by atoms with van der Waals surface area (Å²) in [5.74, 6) is 0.790. The number of nitrogens with one attached hydrogen (secondary N) is 1. The van der Waals surface area contributed by atoms with E-state index in [-0.39, 0.29) is 6.61 Å². The third-order valence-electron chi connectivity index (χ3n) is 4.54. The summed E-state index contributed by atoms with van der Waals surface area (Å²) in [6.45, 7) is 6.89. The zero-order chi connectivity index (χ0) is 14.4. The lowest BCUT2D eigenvalue weighted by Crippen LogP contribution is -2.33. The summed E-state index contributed by atoms with van der Waals surface area (Å²) in [5, 5.41) is 12.7. The smallest absolute Gasteiger partial charge is 0.0681 e. The van der Waals surface area contributed by atoms with Crippen molar-refractivity contribution in [1.82, 2.24) is 5.32 Å². The summed E-state index contributed by atoms with van der Waals surface area (Å²) < 4.78 is 0. The highest BCUT2D eigenvalue weighted by molar-refractivity contribution is 5.21. The predicted molar refractivity (Wildman–Crippen MR) is 84.4 cm³/mol. The second-order valence-electron chi connectivity index (χ2n) is 6.88. The van der Waals surface area contributed by atoms with E-state index in [4.69, 9.17) is 5.11 Å². The lowest BCUT2D eigenvalue weighted by Gasteiger charge is -2.31. The number of aliphatic hydroxyl groups excluding tert-OH is 1. The van der Waals surface area contributed by atoms with Gasteiger partial charge in [-0.05, 0) is 41.7 Å². The Morgan fingerprint density at radius 2 is 1.70 bits per heavy atom. The van der Waals surface area contributed by atoms with Crippen molar-refractivity contribution in [2.75, 3.05) is 6.54 Å². The van der Waals surface area contributed by atoms with Crippen molar-refractivity contribution in [2.45, 2.75) is 59.1 Å². The minimum absolute atomic E-state index is 0.130. The molecule has 0 saturated heterocycles. The van der Waals surface area contributed by atoms with Crippen molar-refractivity contribution in [3.8, 4) is 0 Å². The SMILES string of the molecule is CC(C)CC1(CNCc2ccc(CO)cc2)CCCC1. The van der Waals surface area contributed by atoms with Gasteiger partial charge in [-0.3, -0.25) is 0 Å². The molecule has 0 atom stereocenters. The monoisotopic (exact) mass is 275 g/mol. The van der Waals surface area contributed by atoms with E-state index < -0.39 is 0 Å². The number of benzene rings is 1. The van der Waals surface area contributed by atoms with Crippen LogP contribution in [0.3, 0.4) is 0 Å². The van der Waals surface area contributed by atoms with Crippen LogP contribution in [0.15, 0.2) is 24.3 Å². The molecule has 1 aliphatic carbocycles. The molecule has 1 saturated carbocycles. The second kappa shape index (κ2) is 7.24. The average molecular weight is 275 g/mol. The highest BCUT2D eigenvalue weighted by Gasteiger charge is 2.33. The number of aliphatic hydroxyl groups is 1. The first kappa shape index (κ1) is 15.5.